The first-order valence-electron chi connectivity index (χ1n) is 8.51. The van der Waals surface area contributed by atoms with Crippen LogP contribution in [-0.2, 0) is 19.9 Å². The molecule has 1 unspecified atom stereocenters. The normalized spacial score (nSPS) is 12.3. The van der Waals surface area contributed by atoms with Crippen LogP contribution in [0.1, 0.15) is 44.4 Å². The van der Waals surface area contributed by atoms with E-state index in [1.165, 1.54) is 37.8 Å². The van der Waals surface area contributed by atoms with Crippen molar-refractivity contribution in [2.45, 2.75) is 45.7 Å². The van der Waals surface area contributed by atoms with Crippen LogP contribution in [0.2, 0.25) is 0 Å². The molecule has 2 amide bonds. The molecule has 0 saturated heterocycles. The summed E-state index contributed by atoms with van der Waals surface area (Å²) in [7, 11) is 0. The molecular weight excluding hydrogens is 348 g/mol. The first kappa shape index (κ1) is 20.2. The first-order chi connectivity index (χ1) is 12.6. The number of rotatable bonds is 7. The molecule has 0 aliphatic heterocycles. The number of nitrogens with one attached hydrogen (secondary N) is 2. The Kier molecular flexibility index (Phi) is 5.99. The molecule has 2 aromatic rings. The second-order valence-corrected chi connectivity index (χ2v) is 6.95. The number of anilines is 1. The third-order valence-electron chi connectivity index (χ3n) is 4.21. The standard InChI is InChI=1S/C19H24N4O4/c1-12-5-7-14(8-6-12)16(21-13(2)24)9-17(25)22-15-10-20-23(11-15)19(3,4)18(26)27/h5-8,10-11,16H,9H2,1-4H3,(H,21,24)(H,22,25)(H,26,27). The number of carbonyl (C=O) groups is 3. The predicted octanol–water partition coefficient (Wildman–Crippen LogP) is 2.22. The lowest BCUT2D eigenvalue weighted by Gasteiger charge is -2.19. The summed E-state index contributed by atoms with van der Waals surface area (Å²) in [5.41, 5.74) is 1.07. The van der Waals surface area contributed by atoms with E-state index >= 15 is 0 Å². The predicted molar refractivity (Wildman–Crippen MR) is 100 cm³/mol. The number of hydrogen-bond donors (Lipinski definition) is 3. The van der Waals surface area contributed by atoms with Crippen LogP contribution in [-0.4, -0.2) is 32.7 Å². The number of hydrogen-bond acceptors (Lipinski definition) is 4. The van der Waals surface area contributed by atoms with Crippen LogP contribution in [0.4, 0.5) is 5.69 Å². The number of nitrogens with zero attached hydrogens (tertiary/aromatic N) is 2. The molecule has 3 N–H and O–H groups in total. The Labute approximate surface area is 157 Å². The van der Waals surface area contributed by atoms with Gasteiger partial charge in [0.25, 0.3) is 0 Å². The average molecular weight is 372 g/mol. The molecule has 27 heavy (non-hydrogen) atoms. The van der Waals surface area contributed by atoms with Crippen molar-refractivity contribution in [1.29, 1.82) is 0 Å². The Morgan fingerprint density at radius 3 is 2.41 bits per heavy atom. The number of aryl methyl sites for hydroxylation is 1. The Morgan fingerprint density at radius 2 is 1.85 bits per heavy atom. The molecule has 1 heterocycles. The first-order valence-corrected chi connectivity index (χ1v) is 8.51. The Bertz CT molecular complexity index is 840. The molecule has 1 aromatic carbocycles. The minimum absolute atomic E-state index is 0.0378. The zero-order valence-electron chi connectivity index (χ0n) is 15.8. The third-order valence-corrected chi connectivity index (χ3v) is 4.21. The summed E-state index contributed by atoms with van der Waals surface area (Å²) in [6.45, 7) is 6.38. The van der Waals surface area contributed by atoms with E-state index < -0.39 is 17.6 Å². The molecule has 0 radical (unpaired) electrons. The maximum Gasteiger partial charge on any atom is 0.331 e. The van der Waals surface area contributed by atoms with Crippen molar-refractivity contribution in [1.82, 2.24) is 15.1 Å². The minimum atomic E-state index is -1.23. The zero-order chi connectivity index (χ0) is 20.2. The van der Waals surface area contributed by atoms with Gasteiger partial charge in [0.05, 0.1) is 24.3 Å². The van der Waals surface area contributed by atoms with E-state index in [4.69, 9.17) is 0 Å². The third kappa shape index (κ3) is 5.16. The van der Waals surface area contributed by atoms with E-state index in [1.807, 2.05) is 31.2 Å². The maximum absolute atomic E-state index is 12.4. The molecule has 1 aromatic heterocycles. The highest BCUT2D eigenvalue weighted by Crippen LogP contribution is 2.20. The van der Waals surface area contributed by atoms with Crippen LogP contribution in [0.25, 0.3) is 0 Å². The van der Waals surface area contributed by atoms with E-state index in [0.717, 1.165) is 11.1 Å². The van der Waals surface area contributed by atoms with Crippen LogP contribution in [0, 0.1) is 6.92 Å². The highest BCUT2D eigenvalue weighted by Gasteiger charge is 2.30. The highest BCUT2D eigenvalue weighted by atomic mass is 16.4. The number of carboxylic acids is 1. The van der Waals surface area contributed by atoms with Crippen molar-refractivity contribution >= 4 is 23.5 Å². The van der Waals surface area contributed by atoms with Crippen LogP contribution in [0.3, 0.4) is 0 Å². The van der Waals surface area contributed by atoms with Gasteiger partial charge >= 0.3 is 5.97 Å². The lowest BCUT2D eigenvalue weighted by molar-refractivity contribution is -0.146. The molecular formula is C19H24N4O4. The largest absolute Gasteiger partial charge is 0.479 e. The molecule has 2 rings (SSSR count). The van der Waals surface area contributed by atoms with Gasteiger partial charge in [-0.1, -0.05) is 29.8 Å². The summed E-state index contributed by atoms with van der Waals surface area (Å²) in [5, 5.41) is 18.7. The minimum Gasteiger partial charge on any atom is -0.479 e. The van der Waals surface area contributed by atoms with Gasteiger partial charge in [0.2, 0.25) is 11.8 Å². The average Bonchev–Trinajstić information content (AvgIpc) is 3.03. The van der Waals surface area contributed by atoms with Gasteiger partial charge in [-0.25, -0.2) is 4.79 Å². The molecule has 0 aliphatic carbocycles. The number of benzene rings is 1. The van der Waals surface area contributed by atoms with Crippen LogP contribution < -0.4 is 10.6 Å². The summed E-state index contributed by atoms with van der Waals surface area (Å²) in [4.78, 5) is 35.2. The molecule has 0 aliphatic rings. The molecule has 0 fully saturated rings. The van der Waals surface area contributed by atoms with E-state index in [2.05, 4.69) is 15.7 Å². The van der Waals surface area contributed by atoms with Crippen molar-refractivity contribution in [3.8, 4) is 0 Å². The molecule has 0 bridgehead atoms. The molecule has 0 spiro atoms. The van der Waals surface area contributed by atoms with E-state index in [-0.39, 0.29) is 18.2 Å². The monoisotopic (exact) mass is 372 g/mol. The maximum atomic E-state index is 12.4. The number of aromatic nitrogens is 2. The van der Waals surface area contributed by atoms with Crippen LogP contribution in [0.5, 0.6) is 0 Å². The van der Waals surface area contributed by atoms with E-state index in [9.17, 15) is 19.5 Å². The van der Waals surface area contributed by atoms with E-state index in [1.54, 1.807) is 0 Å². The molecule has 8 nitrogen and oxygen atoms in total. The van der Waals surface area contributed by atoms with Crippen molar-refractivity contribution < 1.29 is 19.5 Å². The van der Waals surface area contributed by atoms with Gasteiger partial charge < -0.3 is 15.7 Å². The van der Waals surface area contributed by atoms with Gasteiger partial charge in [0.1, 0.15) is 0 Å². The second kappa shape index (κ2) is 8.03. The summed E-state index contributed by atoms with van der Waals surface area (Å²) >= 11 is 0. The quantitative estimate of drug-likeness (QED) is 0.690. The summed E-state index contributed by atoms with van der Waals surface area (Å²) < 4.78 is 1.27. The Morgan fingerprint density at radius 1 is 1.22 bits per heavy atom. The molecule has 144 valence electrons. The van der Waals surface area contributed by atoms with E-state index in [0.29, 0.717) is 5.69 Å². The Hall–Kier alpha value is -3.16. The molecule has 1 atom stereocenters. The fraction of sp³-hybridized carbons (Fsp3) is 0.368. The fourth-order valence-corrected chi connectivity index (χ4v) is 2.48. The van der Waals surface area contributed by atoms with Crippen molar-refractivity contribution in [2.24, 2.45) is 0 Å². The van der Waals surface area contributed by atoms with Gasteiger partial charge in [-0.15, -0.1) is 0 Å². The van der Waals surface area contributed by atoms with Gasteiger partial charge in [0, 0.05) is 13.1 Å². The van der Waals surface area contributed by atoms with Crippen molar-refractivity contribution in [3.05, 3.63) is 47.8 Å². The van der Waals surface area contributed by atoms with Crippen LogP contribution >= 0.6 is 0 Å². The number of aliphatic carboxylic acids is 1. The molecule has 8 heteroatoms. The number of amides is 2. The highest BCUT2D eigenvalue weighted by molar-refractivity contribution is 5.91. The van der Waals surface area contributed by atoms with Gasteiger partial charge in [0.15, 0.2) is 5.54 Å². The lowest BCUT2D eigenvalue weighted by atomic mass is 10.0. The summed E-state index contributed by atoms with van der Waals surface area (Å²) in [6.07, 6.45) is 2.89. The lowest BCUT2D eigenvalue weighted by Crippen LogP contribution is -2.35. The topological polar surface area (TPSA) is 113 Å². The van der Waals surface area contributed by atoms with Gasteiger partial charge in [-0.2, -0.15) is 5.10 Å². The van der Waals surface area contributed by atoms with Gasteiger partial charge in [-0.3, -0.25) is 14.3 Å². The number of carboxylic acid groups (broad SMARTS) is 1. The SMILES string of the molecule is CC(=O)NC(CC(=O)Nc1cnn(C(C)(C)C(=O)O)c1)c1ccc(C)cc1. The summed E-state index contributed by atoms with van der Waals surface area (Å²) in [6, 6.07) is 7.11. The van der Waals surface area contributed by atoms with Crippen molar-refractivity contribution in [2.75, 3.05) is 5.32 Å². The second-order valence-electron chi connectivity index (χ2n) is 6.95. The number of carbonyl (C=O) groups excluding carboxylic acids is 2. The fourth-order valence-electron chi connectivity index (χ4n) is 2.48. The van der Waals surface area contributed by atoms with Crippen molar-refractivity contribution in [3.63, 3.8) is 0 Å². The van der Waals surface area contributed by atoms with Gasteiger partial charge in [-0.05, 0) is 26.3 Å². The summed E-state index contributed by atoms with van der Waals surface area (Å²) in [5.74, 6) is -1.58. The smallest absolute Gasteiger partial charge is 0.331 e. The Balaban J connectivity index is 2.10. The van der Waals surface area contributed by atoms with Crippen LogP contribution in [0.15, 0.2) is 36.7 Å². The zero-order valence-corrected chi connectivity index (χ0v) is 15.8. The molecule has 0 saturated carbocycles.